The number of carboxylic acids is 1. The van der Waals surface area contributed by atoms with Crippen molar-refractivity contribution in [2.45, 2.75) is 96.0 Å². The van der Waals surface area contributed by atoms with Gasteiger partial charge in [0, 0.05) is 17.5 Å². The van der Waals surface area contributed by atoms with E-state index in [4.69, 9.17) is 22.1 Å². The number of phenols is 1. The van der Waals surface area contributed by atoms with Crippen LogP contribution in [0.15, 0.2) is 29.4 Å². The molecular formula is C32H47ClN6O12. The number of hydrogen-bond acceptors (Lipinski definition) is 12. The number of hydrogen-bond donors (Lipinski definition) is 11. The number of benzene rings is 1. The Kier molecular flexibility index (Phi) is 16.6. The molecule has 1 aliphatic rings. The molecule has 0 saturated heterocycles. The van der Waals surface area contributed by atoms with Crippen LogP contribution < -0.4 is 37.1 Å². The lowest BCUT2D eigenvalue weighted by Gasteiger charge is -2.34. The molecule has 0 unspecified atom stereocenters. The van der Waals surface area contributed by atoms with Crippen molar-refractivity contribution >= 4 is 47.1 Å². The summed E-state index contributed by atoms with van der Waals surface area (Å²) < 4.78 is 6.22. The Morgan fingerprint density at radius 3 is 2.27 bits per heavy atom. The van der Waals surface area contributed by atoms with E-state index in [-0.39, 0.29) is 55.2 Å². The highest BCUT2D eigenvalue weighted by Crippen LogP contribution is 2.29. The number of aromatic hydroxyl groups is 1. The molecule has 1 heterocycles. The van der Waals surface area contributed by atoms with Crippen molar-refractivity contribution in [2.75, 3.05) is 6.54 Å². The number of fused-ring (bicyclic) bond motifs is 1. The van der Waals surface area contributed by atoms with Crippen molar-refractivity contribution in [3.8, 4) is 11.5 Å². The Labute approximate surface area is 299 Å². The molecule has 51 heavy (non-hydrogen) atoms. The maximum absolute atomic E-state index is 14.0. The second kappa shape index (κ2) is 19.8. The first-order chi connectivity index (χ1) is 23.9. The molecule has 6 atom stereocenters. The number of amides is 5. The summed E-state index contributed by atoms with van der Waals surface area (Å²) in [5.74, 6) is -7.96. The van der Waals surface area contributed by atoms with Crippen LogP contribution in [0.25, 0.3) is 0 Å². The van der Waals surface area contributed by atoms with E-state index in [1.165, 1.54) is 18.2 Å². The lowest BCUT2D eigenvalue weighted by atomic mass is 9.96. The van der Waals surface area contributed by atoms with Gasteiger partial charge >= 0.3 is 5.97 Å². The van der Waals surface area contributed by atoms with Gasteiger partial charge < -0.3 is 62.6 Å². The van der Waals surface area contributed by atoms with E-state index in [9.17, 15) is 54.3 Å². The Balaban J connectivity index is 2.63. The average molecular weight is 743 g/mol. The van der Waals surface area contributed by atoms with E-state index in [2.05, 4.69) is 26.6 Å². The molecule has 19 heteroatoms. The van der Waals surface area contributed by atoms with Gasteiger partial charge in [0.15, 0.2) is 0 Å². The van der Waals surface area contributed by atoms with Crippen LogP contribution in [0.4, 0.5) is 0 Å². The summed E-state index contributed by atoms with van der Waals surface area (Å²) in [6, 6.07) is -2.58. The zero-order chi connectivity index (χ0) is 38.6. The normalized spacial score (nSPS) is 20.9. The number of aliphatic hydroxyl groups excluding tert-OH is 2. The van der Waals surface area contributed by atoms with E-state index in [1.54, 1.807) is 27.7 Å². The Morgan fingerprint density at radius 1 is 1.06 bits per heavy atom. The standard InChI is InChI=1S/C32H47ClN6O12/c1-14(2)10-18(35-30(46)32(49)50)26(42)38-23(21(41)6-5-9-34)28(44)39-24-25(15(3)4)51-22-8-7-17(40)11-16(22)12-19(31(47)48)36-27(43)20(13-33)37-29(24)45/h7-8,11,13-15,18-19,21,23-25,32,40-41,49-50H,5-6,9-10,12,34H2,1-4H3,(H,35,46)(H,36,43)(H,37,45)(H,38,42)(H,39,44)(H,47,48)/b20-13+/t18-,19-,21+,23-,24-,25-/m1/s1. The number of nitrogens with two attached hydrogens (primary N) is 1. The minimum Gasteiger partial charge on any atom is -0.508 e. The van der Waals surface area contributed by atoms with E-state index in [0.717, 1.165) is 0 Å². The number of nitrogens with one attached hydrogen (secondary N) is 5. The van der Waals surface area contributed by atoms with Crippen molar-refractivity contribution in [2.24, 2.45) is 17.6 Å². The monoisotopic (exact) mass is 742 g/mol. The lowest BCUT2D eigenvalue weighted by Crippen LogP contribution is -2.63. The highest BCUT2D eigenvalue weighted by molar-refractivity contribution is 6.28. The molecule has 0 aromatic heterocycles. The number of ether oxygens (including phenoxy) is 1. The number of carboxylic acid groups (broad SMARTS) is 1. The molecule has 5 amide bonds. The first-order valence-corrected chi connectivity index (χ1v) is 16.6. The van der Waals surface area contributed by atoms with E-state index >= 15 is 0 Å². The van der Waals surface area contributed by atoms with Gasteiger partial charge in [0.05, 0.1) is 6.10 Å². The van der Waals surface area contributed by atoms with Gasteiger partial charge in [-0.15, -0.1) is 0 Å². The number of aliphatic carboxylic acids is 1. The van der Waals surface area contributed by atoms with Crippen LogP contribution in [-0.4, -0.2) is 110 Å². The summed E-state index contributed by atoms with van der Waals surface area (Å²) >= 11 is 5.85. The first-order valence-electron chi connectivity index (χ1n) is 16.2. The molecular weight excluding hydrogens is 696 g/mol. The molecule has 0 fully saturated rings. The Bertz CT molecular complexity index is 1460. The molecule has 284 valence electrons. The van der Waals surface area contributed by atoms with Gasteiger partial charge in [-0.2, -0.15) is 0 Å². The van der Waals surface area contributed by atoms with Crippen LogP contribution in [0.1, 0.15) is 52.5 Å². The SMILES string of the molecule is CC(C)C[C@@H](NC(=O)C(O)O)C(=O)N[C@@H](C(=O)N[C@H]1C(=O)N/C(=C/Cl)C(=O)N[C@@H](C(=O)O)Cc2cc(O)ccc2O[C@@H]1C(C)C)[C@@H](O)CCCN. The number of aliphatic hydroxyl groups is 3. The largest absolute Gasteiger partial charge is 0.508 e. The minimum atomic E-state index is -2.44. The van der Waals surface area contributed by atoms with E-state index < -0.39 is 89.8 Å². The third-order valence-electron chi connectivity index (χ3n) is 7.76. The summed E-state index contributed by atoms with van der Waals surface area (Å²) in [5, 5.41) is 61.2. The summed E-state index contributed by atoms with van der Waals surface area (Å²) in [6.07, 6.45) is -5.54. The number of rotatable bonds is 14. The van der Waals surface area contributed by atoms with Gasteiger partial charge in [0.2, 0.25) is 18.1 Å². The first kappa shape index (κ1) is 42.7. The van der Waals surface area contributed by atoms with Gasteiger partial charge in [0.25, 0.3) is 17.7 Å². The van der Waals surface area contributed by atoms with Gasteiger partial charge in [-0.3, -0.25) is 24.0 Å². The van der Waals surface area contributed by atoms with Crippen LogP contribution >= 0.6 is 11.6 Å². The molecule has 1 aliphatic heterocycles. The maximum Gasteiger partial charge on any atom is 0.326 e. The van der Waals surface area contributed by atoms with Crippen molar-refractivity contribution < 1.29 is 59.0 Å². The molecule has 0 aliphatic carbocycles. The number of halogens is 1. The van der Waals surface area contributed by atoms with Crippen LogP contribution in [0.3, 0.4) is 0 Å². The zero-order valence-electron chi connectivity index (χ0n) is 28.6. The highest BCUT2D eigenvalue weighted by atomic mass is 35.5. The van der Waals surface area contributed by atoms with E-state index in [1.807, 2.05) is 0 Å². The van der Waals surface area contributed by atoms with Crippen molar-refractivity contribution in [3.63, 3.8) is 0 Å². The Hall–Kier alpha value is -4.49. The second-order valence-electron chi connectivity index (χ2n) is 12.7. The summed E-state index contributed by atoms with van der Waals surface area (Å²) in [4.78, 5) is 78.5. The fourth-order valence-electron chi connectivity index (χ4n) is 5.15. The molecule has 2 rings (SSSR count). The fraction of sp³-hybridized carbons (Fsp3) is 0.562. The average Bonchev–Trinajstić information content (AvgIpc) is 3.05. The quantitative estimate of drug-likeness (QED) is 0.0729. The smallest absolute Gasteiger partial charge is 0.326 e. The zero-order valence-corrected chi connectivity index (χ0v) is 29.3. The molecule has 0 spiro atoms. The van der Waals surface area contributed by atoms with Crippen molar-refractivity contribution in [3.05, 3.63) is 35.0 Å². The van der Waals surface area contributed by atoms with Gasteiger partial charge in [-0.25, -0.2) is 4.79 Å². The molecule has 0 radical (unpaired) electrons. The summed E-state index contributed by atoms with van der Waals surface area (Å²) in [7, 11) is 0. The molecule has 1 aromatic carbocycles. The third-order valence-corrected chi connectivity index (χ3v) is 7.97. The fourth-order valence-corrected chi connectivity index (χ4v) is 5.30. The Morgan fingerprint density at radius 2 is 1.73 bits per heavy atom. The topological polar surface area (TPSA) is 299 Å². The predicted molar refractivity (Wildman–Crippen MR) is 180 cm³/mol. The van der Waals surface area contributed by atoms with Crippen molar-refractivity contribution in [1.29, 1.82) is 0 Å². The molecule has 0 saturated carbocycles. The third kappa shape index (κ3) is 12.7. The second-order valence-corrected chi connectivity index (χ2v) is 13.0. The molecule has 12 N–H and O–H groups in total. The van der Waals surface area contributed by atoms with Crippen molar-refractivity contribution in [1.82, 2.24) is 26.6 Å². The highest BCUT2D eigenvalue weighted by Gasteiger charge is 2.40. The van der Waals surface area contributed by atoms with Crippen LogP contribution in [-0.2, 0) is 35.2 Å². The number of carbonyl (C=O) groups excluding carboxylic acids is 5. The molecule has 1 aromatic rings. The minimum absolute atomic E-state index is 0.000871. The molecule has 18 nitrogen and oxygen atoms in total. The number of phenolic OH excluding ortho intramolecular Hbond substituents is 1. The summed E-state index contributed by atoms with van der Waals surface area (Å²) in [6.45, 7) is 6.83. The van der Waals surface area contributed by atoms with Gasteiger partial charge in [0.1, 0.15) is 47.5 Å². The van der Waals surface area contributed by atoms with Crippen LogP contribution in [0, 0.1) is 11.8 Å². The molecule has 0 bridgehead atoms. The number of carbonyl (C=O) groups is 6. The predicted octanol–water partition coefficient (Wildman–Crippen LogP) is -1.97. The van der Waals surface area contributed by atoms with Crippen LogP contribution in [0.5, 0.6) is 11.5 Å². The lowest BCUT2D eigenvalue weighted by molar-refractivity contribution is -0.150. The van der Waals surface area contributed by atoms with Gasteiger partial charge in [-0.1, -0.05) is 39.3 Å². The van der Waals surface area contributed by atoms with Gasteiger partial charge in [-0.05, 0) is 55.8 Å². The summed E-state index contributed by atoms with van der Waals surface area (Å²) in [5.41, 5.74) is 5.83. The maximum atomic E-state index is 14.0. The van der Waals surface area contributed by atoms with Crippen LogP contribution in [0.2, 0.25) is 0 Å². The van der Waals surface area contributed by atoms with E-state index in [0.29, 0.717) is 5.54 Å².